The van der Waals surface area contributed by atoms with Crippen LogP contribution in [0.5, 0.6) is 0 Å². The van der Waals surface area contributed by atoms with Crippen molar-refractivity contribution in [3.63, 3.8) is 0 Å². The summed E-state index contributed by atoms with van der Waals surface area (Å²) in [5.74, 6) is 2.64. The molecule has 1 N–H and O–H groups in total. The fourth-order valence-corrected chi connectivity index (χ4v) is 5.42. The minimum Gasteiger partial charge on any atom is -0.337 e. The zero-order valence-corrected chi connectivity index (χ0v) is 14.4. The van der Waals surface area contributed by atoms with Crippen LogP contribution in [0.4, 0.5) is 0 Å². The van der Waals surface area contributed by atoms with Crippen LogP contribution < -0.4 is 5.32 Å². The van der Waals surface area contributed by atoms with Gasteiger partial charge in [-0.15, -0.1) is 35.9 Å². The molecule has 116 valence electrons. The average molecular weight is 345 g/mol. The molecule has 2 aliphatic heterocycles. The standard InChI is InChI=1S/C15H20N2OS2.ClH/c18-14(17-8-1-6-16-7-9-17)12-2-4-13(5-3-12)15-19-10-11-20-15;/h2-5,15-16H,1,6-11H2;1H. The minimum absolute atomic E-state index is 0. The lowest BCUT2D eigenvalue weighted by Crippen LogP contribution is -2.34. The Kier molecular flexibility index (Phi) is 6.74. The lowest BCUT2D eigenvalue weighted by molar-refractivity contribution is 0.0766. The number of benzene rings is 1. The first-order valence-electron chi connectivity index (χ1n) is 7.18. The van der Waals surface area contributed by atoms with Crippen LogP contribution in [0.2, 0.25) is 0 Å². The molecule has 0 unspecified atom stereocenters. The highest BCUT2D eigenvalue weighted by atomic mass is 35.5. The van der Waals surface area contributed by atoms with E-state index in [0.717, 1.165) is 38.2 Å². The highest BCUT2D eigenvalue weighted by Gasteiger charge is 2.20. The van der Waals surface area contributed by atoms with Gasteiger partial charge in [0.1, 0.15) is 0 Å². The summed E-state index contributed by atoms with van der Waals surface area (Å²) in [4.78, 5) is 14.4. The summed E-state index contributed by atoms with van der Waals surface area (Å²) in [6.07, 6.45) is 1.04. The van der Waals surface area contributed by atoms with Crippen molar-refractivity contribution in [1.29, 1.82) is 0 Å². The monoisotopic (exact) mass is 344 g/mol. The van der Waals surface area contributed by atoms with Gasteiger partial charge in [0.2, 0.25) is 0 Å². The summed E-state index contributed by atoms with van der Waals surface area (Å²) < 4.78 is 0.557. The SMILES string of the molecule is Cl.O=C(c1ccc(C2SCCS2)cc1)N1CCCNCC1. The molecule has 0 atom stereocenters. The van der Waals surface area contributed by atoms with Gasteiger partial charge >= 0.3 is 0 Å². The van der Waals surface area contributed by atoms with Gasteiger partial charge in [0, 0.05) is 36.7 Å². The molecule has 0 aliphatic carbocycles. The van der Waals surface area contributed by atoms with Crippen molar-refractivity contribution in [2.24, 2.45) is 0 Å². The first-order chi connectivity index (χ1) is 9.84. The van der Waals surface area contributed by atoms with Crippen LogP contribution in [-0.2, 0) is 0 Å². The highest BCUT2D eigenvalue weighted by molar-refractivity contribution is 8.19. The van der Waals surface area contributed by atoms with E-state index in [-0.39, 0.29) is 18.3 Å². The van der Waals surface area contributed by atoms with Gasteiger partial charge in [0.15, 0.2) is 0 Å². The highest BCUT2D eigenvalue weighted by Crippen LogP contribution is 2.45. The number of rotatable bonds is 2. The van der Waals surface area contributed by atoms with Gasteiger partial charge in [-0.25, -0.2) is 0 Å². The summed E-state index contributed by atoms with van der Waals surface area (Å²) in [7, 11) is 0. The lowest BCUT2D eigenvalue weighted by Gasteiger charge is -2.20. The normalized spacial score (nSPS) is 19.9. The molecule has 2 heterocycles. The second kappa shape index (κ2) is 8.32. The number of halogens is 1. The zero-order chi connectivity index (χ0) is 13.8. The molecule has 1 amide bonds. The third-order valence-corrected chi connectivity index (χ3v) is 6.78. The Balaban J connectivity index is 0.00000161. The predicted molar refractivity (Wildman–Crippen MR) is 94.7 cm³/mol. The van der Waals surface area contributed by atoms with Crippen LogP contribution in [0, 0.1) is 0 Å². The Labute approximate surface area is 141 Å². The Morgan fingerprint density at radius 2 is 1.81 bits per heavy atom. The van der Waals surface area contributed by atoms with E-state index in [0.29, 0.717) is 4.58 Å². The Morgan fingerprint density at radius 3 is 2.52 bits per heavy atom. The molecule has 0 saturated carbocycles. The smallest absolute Gasteiger partial charge is 0.253 e. The predicted octanol–water partition coefficient (Wildman–Crippen LogP) is 3.02. The second-order valence-electron chi connectivity index (χ2n) is 5.09. The van der Waals surface area contributed by atoms with E-state index in [1.807, 2.05) is 40.6 Å². The largest absolute Gasteiger partial charge is 0.337 e. The first-order valence-corrected chi connectivity index (χ1v) is 9.27. The molecule has 3 nitrogen and oxygen atoms in total. The van der Waals surface area contributed by atoms with Crippen molar-refractivity contribution in [3.8, 4) is 0 Å². The van der Waals surface area contributed by atoms with Gasteiger partial charge in [-0.1, -0.05) is 12.1 Å². The summed E-state index contributed by atoms with van der Waals surface area (Å²) in [5.41, 5.74) is 2.16. The van der Waals surface area contributed by atoms with E-state index >= 15 is 0 Å². The molecular weight excluding hydrogens is 324 g/mol. The second-order valence-corrected chi connectivity index (χ2v) is 7.82. The molecule has 2 fully saturated rings. The van der Waals surface area contributed by atoms with E-state index in [2.05, 4.69) is 17.4 Å². The van der Waals surface area contributed by atoms with Crippen LogP contribution in [0.3, 0.4) is 0 Å². The van der Waals surface area contributed by atoms with Gasteiger partial charge in [-0.05, 0) is 30.7 Å². The number of amides is 1. The summed E-state index contributed by atoms with van der Waals surface area (Å²) in [6.45, 7) is 3.59. The van der Waals surface area contributed by atoms with Crippen LogP contribution in [0.15, 0.2) is 24.3 Å². The number of carbonyl (C=O) groups is 1. The Hall–Kier alpha value is -0.360. The maximum absolute atomic E-state index is 12.5. The van der Waals surface area contributed by atoms with Crippen molar-refractivity contribution >= 4 is 41.8 Å². The van der Waals surface area contributed by atoms with E-state index in [1.165, 1.54) is 17.1 Å². The molecule has 0 radical (unpaired) electrons. The molecule has 21 heavy (non-hydrogen) atoms. The molecular formula is C15H21ClN2OS2. The third-order valence-electron chi connectivity index (χ3n) is 3.68. The van der Waals surface area contributed by atoms with Crippen molar-refractivity contribution in [2.75, 3.05) is 37.7 Å². The van der Waals surface area contributed by atoms with Crippen molar-refractivity contribution < 1.29 is 4.79 Å². The molecule has 0 spiro atoms. The maximum Gasteiger partial charge on any atom is 0.253 e. The first kappa shape index (κ1) is 17.0. The van der Waals surface area contributed by atoms with E-state index in [4.69, 9.17) is 0 Å². The number of hydrogen-bond donors (Lipinski definition) is 1. The van der Waals surface area contributed by atoms with Gasteiger partial charge in [-0.2, -0.15) is 0 Å². The van der Waals surface area contributed by atoms with Crippen molar-refractivity contribution in [2.45, 2.75) is 11.0 Å². The van der Waals surface area contributed by atoms with E-state index in [1.54, 1.807) is 0 Å². The molecule has 2 aliphatic rings. The number of nitrogens with one attached hydrogen (secondary N) is 1. The van der Waals surface area contributed by atoms with Crippen LogP contribution in [-0.4, -0.2) is 48.5 Å². The fraction of sp³-hybridized carbons (Fsp3) is 0.533. The Bertz CT molecular complexity index is 455. The van der Waals surface area contributed by atoms with Crippen LogP contribution >= 0.6 is 35.9 Å². The molecule has 0 aromatic heterocycles. The molecule has 1 aromatic rings. The molecule has 2 saturated heterocycles. The quantitative estimate of drug-likeness (QED) is 0.893. The molecule has 3 rings (SSSR count). The third kappa shape index (κ3) is 4.31. The van der Waals surface area contributed by atoms with Crippen molar-refractivity contribution in [3.05, 3.63) is 35.4 Å². The number of hydrogen-bond acceptors (Lipinski definition) is 4. The molecule has 1 aromatic carbocycles. The summed E-state index contributed by atoms with van der Waals surface area (Å²) in [5, 5.41) is 3.33. The number of nitrogens with zero attached hydrogens (tertiary/aromatic N) is 1. The molecule has 0 bridgehead atoms. The molecule has 6 heteroatoms. The van der Waals surface area contributed by atoms with Gasteiger partial charge in [0.25, 0.3) is 5.91 Å². The van der Waals surface area contributed by atoms with Gasteiger partial charge in [0.05, 0.1) is 4.58 Å². The van der Waals surface area contributed by atoms with E-state index < -0.39 is 0 Å². The minimum atomic E-state index is 0. The number of carbonyl (C=O) groups excluding carboxylic acids is 1. The average Bonchev–Trinajstić information content (AvgIpc) is 2.89. The zero-order valence-electron chi connectivity index (χ0n) is 11.9. The maximum atomic E-state index is 12.5. The van der Waals surface area contributed by atoms with Gasteiger partial charge < -0.3 is 10.2 Å². The fourth-order valence-electron chi connectivity index (χ4n) is 2.57. The summed E-state index contributed by atoms with van der Waals surface area (Å²) >= 11 is 4.00. The van der Waals surface area contributed by atoms with E-state index in [9.17, 15) is 4.79 Å². The lowest BCUT2D eigenvalue weighted by atomic mass is 10.1. The van der Waals surface area contributed by atoms with Crippen LogP contribution in [0.25, 0.3) is 0 Å². The van der Waals surface area contributed by atoms with Crippen LogP contribution in [0.1, 0.15) is 26.9 Å². The summed E-state index contributed by atoms with van der Waals surface area (Å²) in [6, 6.07) is 8.24. The van der Waals surface area contributed by atoms with Crippen molar-refractivity contribution in [1.82, 2.24) is 10.2 Å². The number of thioether (sulfide) groups is 2. The topological polar surface area (TPSA) is 32.3 Å². The van der Waals surface area contributed by atoms with Gasteiger partial charge in [-0.3, -0.25) is 4.79 Å². The Morgan fingerprint density at radius 1 is 1.10 bits per heavy atom.